The summed E-state index contributed by atoms with van der Waals surface area (Å²) in [6.07, 6.45) is 3.05. The smallest absolute Gasteiger partial charge is 0.126 e. The molecule has 0 aliphatic carbocycles. The van der Waals surface area contributed by atoms with Gasteiger partial charge >= 0.3 is 0 Å². The molecule has 0 radical (unpaired) electrons. The zero-order chi connectivity index (χ0) is 30.0. The zero-order valence-corrected chi connectivity index (χ0v) is 26.5. The number of aromatic nitrogens is 1. The fourth-order valence-corrected chi connectivity index (χ4v) is 6.54. The predicted molar refractivity (Wildman–Crippen MR) is 187 cm³/mol. The van der Waals surface area contributed by atoms with Gasteiger partial charge in [-0.2, -0.15) is 0 Å². The Morgan fingerprint density at radius 2 is 1.42 bits per heavy atom. The van der Waals surface area contributed by atoms with E-state index in [4.69, 9.17) is 9.98 Å². The summed E-state index contributed by atoms with van der Waals surface area (Å²) in [7, 11) is 0. The lowest BCUT2D eigenvalue weighted by Gasteiger charge is -2.19. The van der Waals surface area contributed by atoms with Crippen molar-refractivity contribution >= 4 is 33.5 Å². The summed E-state index contributed by atoms with van der Waals surface area (Å²) in [6.45, 7) is 11.3. The molecule has 0 amide bonds. The summed E-state index contributed by atoms with van der Waals surface area (Å²) >= 11 is 1.72. The number of aliphatic imine (C=N–C) groups is 1. The van der Waals surface area contributed by atoms with Gasteiger partial charge in [0.05, 0.1) is 15.9 Å². The summed E-state index contributed by atoms with van der Waals surface area (Å²) in [5.74, 6) is 0.633. The number of benzene rings is 5. The van der Waals surface area contributed by atoms with Gasteiger partial charge < -0.3 is 0 Å². The van der Waals surface area contributed by atoms with Crippen molar-refractivity contribution in [1.29, 1.82) is 0 Å². The number of rotatable bonds is 7. The van der Waals surface area contributed by atoms with Gasteiger partial charge in [0.25, 0.3) is 0 Å². The minimum Gasteiger partial charge on any atom is -0.256 e. The van der Waals surface area contributed by atoms with Crippen molar-refractivity contribution < 1.29 is 0 Å². The van der Waals surface area contributed by atoms with Gasteiger partial charge in [-0.3, -0.25) is 4.99 Å². The molecule has 6 rings (SSSR count). The first-order valence-electron chi connectivity index (χ1n) is 15.1. The number of hydrogen-bond donors (Lipinski definition) is 0. The Morgan fingerprint density at radius 1 is 0.721 bits per heavy atom. The minimum absolute atomic E-state index is 0.0950. The van der Waals surface area contributed by atoms with Crippen LogP contribution in [-0.4, -0.2) is 11.2 Å². The van der Waals surface area contributed by atoms with Crippen molar-refractivity contribution in [2.75, 3.05) is 0 Å². The topological polar surface area (TPSA) is 25.2 Å². The van der Waals surface area contributed by atoms with Gasteiger partial charge in [-0.1, -0.05) is 120 Å². The first-order chi connectivity index (χ1) is 20.7. The van der Waals surface area contributed by atoms with Crippen molar-refractivity contribution in [3.05, 3.63) is 132 Å². The predicted octanol–water partition coefficient (Wildman–Crippen LogP) is 11.5. The molecule has 43 heavy (non-hydrogen) atoms. The number of hydrogen-bond acceptors (Lipinski definition) is 3. The molecule has 2 nitrogen and oxygen atoms in total. The number of thiazole rings is 1. The van der Waals surface area contributed by atoms with Gasteiger partial charge in [-0.25, -0.2) is 4.98 Å². The molecule has 0 spiro atoms. The Labute approximate surface area is 259 Å². The molecule has 0 saturated carbocycles. The number of para-hydroxylation sites is 2. The van der Waals surface area contributed by atoms with Crippen molar-refractivity contribution in [2.45, 2.75) is 46.5 Å². The standard InChI is InChI=1S/C40H38N2S/c1-27(2)22-28-12-8-14-30(23-28)31-15-10-16-32(25-31)34-19-11-21-37-38(34)42-39(43-37)35-18-6-7-20-36(35)41-26-29-13-9-17-33(24-29)40(3,4)5/h6-21,23-27H,22H2,1-5H3. The average molecular weight is 579 g/mol. The van der Waals surface area contributed by atoms with Crippen LogP contribution in [0.1, 0.15) is 51.3 Å². The summed E-state index contributed by atoms with van der Waals surface area (Å²) in [4.78, 5) is 10.2. The maximum absolute atomic E-state index is 5.22. The first kappa shape index (κ1) is 28.8. The Balaban J connectivity index is 1.35. The minimum atomic E-state index is 0.0950. The van der Waals surface area contributed by atoms with E-state index in [1.807, 2.05) is 12.3 Å². The normalized spacial score (nSPS) is 12.0. The lowest BCUT2D eigenvalue weighted by molar-refractivity contribution is 0.590. The molecule has 0 aliphatic heterocycles. The van der Waals surface area contributed by atoms with Crippen molar-refractivity contribution in [3.8, 4) is 32.8 Å². The van der Waals surface area contributed by atoms with Crippen LogP contribution in [0, 0.1) is 5.92 Å². The Morgan fingerprint density at radius 3 is 2.23 bits per heavy atom. The maximum Gasteiger partial charge on any atom is 0.126 e. The second kappa shape index (κ2) is 12.1. The van der Waals surface area contributed by atoms with E-state index < -0.39 is 0 Å². The van der Waals surface area contributed by atoms with Gasteiger partial charge in [0.2, 0.25) is 0 Å². The van der Waals surface area contributed by atoms with E-state index in [9.17, 15) is 0 Å². The van der Waals surface area contributed by atoms with Crippen LogP contribution in [0.25, 0.3) is 43.0 Å². The second-order valence-corrected chi connectivity index (χ2v) is 13.7. The van der Waals surface area contributed by atoms with Crippen LogP contribution in [0.4, 0.5) is 5.69 Å². The highest BCUT2D eigenvalue weighted by Gasteiger charge is 2.15. The Kier molecular flexibility index (Phi) is 8.10. The lowest BCUT2D eigenvalue weighted by Crippen LogP contribution is -2.11. The maximum atomic E-state index is 5.22. The summed E-state index contributed by atoms with van der Waals surface area (Å²) in [5.41, 5.74) is 11.7. The van der Waals surface area contributed by atoms with Crippen LogP contribution in [0.2, 0.25) is 0 Å². The quantitative estimate of drug-likeness (QED) is 0.173. The molecule has 0 fully saturated rings. The highest BCUT2D eigenvalue weighted by molar-refractivity contribution is 7.21. The summed E-state index contributed by atoms with van der Waals surface area (Å²) in [6, 6.07) is 41.2. The largest absolute Gasteiger partial charge is 0.256 e. The third-order valence-electron chi connectivity index (χ3n) is 7.74. The monoisotopic (exact) mass is 578 g/mol. The fourth-order valence-electron chi connectivity index (χ4n) is 5.51. The highest BCUT2D eigenvalue weighted by Crippen LogP contribution is 2.39. The van der Waals surface area contributed by atoms with Crippen LogP contribution >= 0.6 is 11.3 Å². The van der Waals surface area contributed by atoms with Gasteiger partial charge in [0.1, 0.15) is 5.01 Å². The fraction of sp³-hybridized carbons (Fsp3) is 0.200. The van der Waals surface area contributed by atoms with Gasteiger partial charge in [-0.15, -0.1) is 11.3 Å². The SMILES string of the molecule is CC(C)Cc1cccc(-c2cccc(-c3cccc4sc(-c5ccccc5N=Cc5cccc(C(C)(C)C)c5)nc34)c2)c1. The number of nitrogens with zero attached hydrogens (tertiary/aromatic N) is 2. The summed E-state index contributed by atoms with van der Waals surface area (Å²) < 4.78 is 1.17. The average Bonchev–Trinajstić information content (AvgIpc) is 3.44. The first-order valence-corrected chi connectivity index (χ1v) is 15.9. The molecule has 6 aromatic rings. The Hall–Kier alpha value is -4.34. The van der Waals surface area contributed by atoms with E-state index in [1.54, 1.807) is 11.3 Å². The molecule has 214 valence electrons. The summed E-state index contributed by atoms with van der Waals surface area (Å²) in [5, 5.41) is 0.983. The van der Waals surface area contributed by atoms with Gasteiger partial charge in [0, 0.05) is 17.3 Å². The molecule has 0 aliphatic rings. The third kappa shape index (κ3) is 6.53. The molecule has 0 unspecified atom stereocenters. The lowest BCUT2D eigenvalue weighted by atomic mass is 9.86. The van der Waals surface area contributed by atoms with Crippen LogP contribution in [-0.2, 0) is 11.8 Å². The molecular weight excluding hydrogens is 541 g/mol. The van der Waals surface area contributed by atoms with E-state index in [1.165, 1.54) is 32.5 Å². The van der Waals surface area contributed by atoms with E-state index in [-0.39, 0.29) is 5.41 Å². The van der Waals surface area contributed by atoms with E-state index in [0.717, 1.165) is 39.3 Å². The number of fused-ring (bicyclic) bond motifs is 1. The van der Waals surface area contributed by atoms with Gasteiger partial charge in [0.15, 0.2) is 0 Å². The van der Waals surface area contributed by atoms with Crippen molar-refractivity contribution in [2.24, 2.45) is 10.9 Å². The van der Waals surface area contributed by atoms with Gasteiger partial charge in [-0.05, 0) is 81.5 Å². The molecule has 3 heteroatoms. The Bertz CT molecular complexity index is 1920. The van der Waals surface area contributed by atoms with E-state index >= 15 is 0 Å². The molecular formula is C40H38N2S. The van der Waals surface area contributed by atoms with Crippen LogP contribution in [0.3, 0.4) is 0 Å². The second-order valence-electron chi connectivity index (χ2n) is 12.7. The van der Waals surface area contributed by atoms with Crippen molar-refractivity contribution in [1.82, 2.24) is 4.98 Å². The molecule has 0 saturated heterocycles. The van der Waals surface area contributed by atoms with E-state index in [0.29, 0.717) is 5.92 Å². The third-order valence-corrected chi connectivity index (χ3v) is 8.79. The molecule has 1 heterocycles. The van der Waals surface area contributed by atoms with Crippen LogP contribution in [0.15, 0.2) is 120 Å². The molecule has 1 aromatic heterocycles. The van der Waals surface area contributed by atoms with E-state index in [2.05, 4.69) is 144 Å². The molecule has 0 bridgehead atoms. The van der Waals surface area contributed by atoms with Crippen LogP contribution < -0.4 is 0 Å². The molecule has 0 atom stereocenters. The molecule has 5 aromatic carbocycles. The molecule has 0 N–H and O–H groups in total. The van der Waals surface area contributed by atoms with Crippen molar-refractivity contribution in [3.63, 3.8) is 0 Å². The van der Waals surface area contributed by atoms with Crippen LogP contribution in [0.5, 0.6) is 0 Å². The highest BCUT2D eigenvalue weighted by atomic mass is 32.1. The zero-order valence-electron chi connectivity index (χ0n) is 25.6.